The van der Waals surface area contributed by atoms with Crippen LogP contribution < -0.4 is 11.1 Å². The fraction of sp³-hybridized carbons (Fsp3) is 0.857. The van der Waals surface area contributed by atoms with Crippen LogP contribution in [0.15, 0.2) is 11.8 Å². The zero-order chi connectivity index (χ0) is 13.9. The second-order valence-corrected chi connectivity index (χ2v) is 6.01. The normalized spacial score (nSPS) is 27.5. The van der Waals surface area contributed by atoms with E-state index in [-0.39, 0.29) is 11.6 Å². The van der Waals surface area contributed by atoms with Gasteiger partial charge in [-0.15, -0.1) is 0 Å². The van der Waals surface area contributed by atoms with E-state index in [1.165, 1.54) is 5.70 Å². The molecule has 0 amide bonds. The minimum Gasteiger partial charge on any atom is -0.377 e. The molecule has 2 heterocycles. The molecule has 5 nitrogen and oxygen atoms in total. The standard InChI is InChI=1S/C14H28N4O/c1-17(2)11-14(19-3)5-8-18(9-6-14)13-4-7-16-10-12(13)15/h4,12,16H,5-11,15H2,1-3H3. The zero-order valence-corrected chi connectivity index (χ0v) is 12.5. The maximum atomic E-state index is 6.18. The summed E-state index contributed by atoms with van der Waals surface area (Å²) in [5, 5.41) is 3.30. The number of hydrogen-bond acceptors (Lipinski definition) is 5. The molecule has 0 aromatic carbocycles. The molecule has 0 aromatic rings. The number of nitrogens with one attached hydrogen (secondary N) is 1. The Morgan fingerprint density at radius 3 is 2.68 bits per heavy atom. The van der Waals surface area contributed by atoms with Gasteiger partial charge in [0, 0.05) is 45.5 Å². The lowest BCUT2D eigenvalue weighted by molar-refractivity contribution is -0.0662. The third-order valence-corrected chi connectivity index (χ3v) is 4.28. The van der Waals surface area contributed by atoms with Gasteiger partial charge in [-0.3, -0.25) is 0 Å². The van der Waals surface area contributed by atoms with Crippen molar-refractivity contribution in [2.75, 3.05) is 53.9 Å². The van der Waals surface area contributed by atoms with E-state index in [9.17, 15) is 0 Å². The van der Waals surface area contributed by atoms with Gasteiger partial charge in [0.1, 0.15) is 0 Å². The Morgan fingerprint density at radius 1 is 1.47 bits per heavy atom. The highest BCUT2D eigenvalue weighted by Crippen LogP contribution is 2.29. The molecule has 0 aromatic heterocycles. The third kappa shape index (κ3) is 3.48. The monoisotopic (exact) mass is 268 g/mol. The van der Waals surface area contributed by atoms with Gasteiger partial charge in [-0.1, -0.05) is 0 Å². The average molecular weight is 268 g/mol. The summed E-state index contributed by atoms with van der Waals surface area (Å²) in [5.41, 5.74) is 7.50. The van der Waals surface area contributed by atoms with Gasteiger partial charge in [-0.05, 0) is 33.0 Å². The molecule has 0 spiro atoms. The van der Waals surface area contributed by atoms with Crippen molar-refractivity contribution in [1.29, 1.82) is 0 Å². The summed E-state index contributed by atoms with van der Waals surface area (Å²) >= 11 is 0. The molecule has 1 fully saturated rings. The summed E-state index contributed by atoms with van der Waals surface area (Å²) in [6.45, 7) is 4.90. The summed E-state index contributed by atoms with van der Waals surface area (Å²) in [6.07, 6.45) is 4.37. The smallest absolute Gasteiger partial charge is 0.0838 e. The largest absolute Gasteiger partial charge is 0.377 e. The average Bonchev–Trinajstić information content (AvgIpc) is 2.40. The number of likely N-dealkylation sites (N-methyl/N-ethyl adjacent to an activating group) is 1. The zero-order valence-electron chi connectivity index (χ0n) is 12.5. The summed E-state index contributed by atoms with van der Waals surface area (Å²) in [7, 11) is 6.06. The van der Waals surface area contributed by atoms with Crippen LogP contribution in [-0.2, 0) is 4.74 Å². The minimum absolute atomic E-state index is 0.0115. The van der Waals surface area contributed by atoms with E-state index in [0.717, 1.165) is 45.6 Å². The molecule has 3 N–H and O–H groups in total. The van der Waals surface area contributed by atoms with Crippen molar-refractivity contribution in [2.24, 2.45) is 5.73 Å². The highest BCUT2D eigenvalue weighted by atomic mass is 16.5. The van der Waals surface area contributed by atoms with E-state index in [1.54, 1.807) is 0 Å². The predicted octanol–water partition coefficient (Wildman–Crippen LogP) is -0.157. The third-order valence-electron chi connectivity index (χ3n) is 4.28. The number of ether oxygens (including phenoxy) is 1. The van der Waals surface area contributed by atoms with E-state index in [2.05, 4.69) is 35.3 Å². The van der Waals surface area contributed by atoms with Crippen molar-refractivity contribution < 1.29 is 4.74 Å². The van der Waals surface area contributed by atoms with E-state index < -0.39 is 0 Å². The number of hydrogen-bond donors (Lipinski definition) is 2. The van der Waals surface area contributed by atoms with Crippen LogP contribution in [0.25, 0.3) is 0 Å². The van der Waals surface area contributed by atoms with Crippen LogP contribution in [0.3, 0.4) is 0 Å². The van der Waals surface area contributed by atoms with Crippen LogP contribution in [0, 0.1) is 0 Å². The molecule has 110 valence electrons. The fourth-order valence-corrected chi connectivity index (χ4v) is 3.21. The van der Waals surface area contributed by atoms with E-state index in [4.69, 9.17) is 10.5 Å². The Labute approximate surface area is 116 Å². The second kappa shape index (κ2) is 6.22. The van der Waals surface area contributed by atoms with Gasteiger partial charge in [0.25, 0.3) is 0 Å². The molecule has 5 heteroatoms. The fourth-order valence-electron chi connectivity index (χ4n) is 3.21. The lowest BCUT2D eigenvalue weighted by Gasteiger charge is -2.45. The molecule has 0 radical (unpaired) electrons. The van der Waals surface area contributed by atoms with Crippen molar-refractivity contribution >= 4 is 0 Å². The second-order valence-electron chi connectivity index (χ2n) is 6.01. The van der Waals surface area contributed by atoms with Crippen LogP contribution >= 0.6 is 0 Å². The molecule has 2 aliphatic rings. The summed E-state index contributed by atoms with van der Waals surface area (Å²) in [5.74, 6) is 0. The first kappa shape index (κ1) is 14.8. The number of piperidine rings is 1. The first-order chi connectivity index (χ1) is 9.06. The molecule has 1 atom stereocenters. The Bertz CT molecular complexity index is 321. The molecule has 1 unspecified atom stereocenters. The highest BCUT2D eigenvalue weighted by molar-refractivity contribution is 5.15. The van der Waals surface area contributed by atoms with E-state index in [1.807, 2.05) is 7.11 Å². The predicted molar refractivity (Wildman–Crippen MR) is 78.0 cm³/mol. The molecule has 2 aliphatic heterocycles. The van der Waals surface area contributed by atoms with Crippen molar-refractivity contribution in [3.05, 3.63) is 11.8 Å². The Morgan fingerprint density at radius 2 is 2.16 bits per heavy atom. The van der Waals surface area contributed by atoms with Crippen LogP contribution in [-0.4, -0.2) is 75.4 Å². The molecule has 0 aliphatic carbocycles. The van der Waals surface area contributed by atoms with E-state index >= 15 is 0 Å². The molecule has 2 rings (SSSR count). The lowest BCUT2D eigenvalue weighted by Crippen LogP contribution is -2.53. The Kier molecular flexibility index (Phi) is 4.84. The Hall–Kier alpha value is -0.620. The van der Waals surface area contributed by atoms with Crippen LogP contribution in [0.1, 0.15) is 12.8 Å². The maximum absolute atomic E-state index is 6.18. The maximum Gasteiger partial charge on any atom is 0.0838 e. The number of rotatable bonds is 4. The molecular weight excluding hydrogens is 240 g/mol. The van der Waals surface area contributed by atoms with Crippen molar-refractivity contribution in [1.82, 2.24) is 15.1 Å². The number of nitrogens with zero attached hydrogens (tertiary/aromatic N) is 2. The summed E-state index contributed by atoms with van der Waals surface area (Å²) in [4.78, 5) is 4.66. The number of methoxy groups -OCH3 is 1. The van der Waals surface area contributed by atoms with Gasteiger partial charge in [0.05, 0.1) is 11.6 Å². The molecule has 0 bridgehead atoms. The van der Waals surface area contributed by atoms with Gasteiger partial charge >= 0.3 is 0 Å². The Balaban J connectivity index is 1.96. The van der Waals surface area contributed by atoms with Crippen LogP contribution in [0.2, 0.25) is 0 Å². The lowest BCUT2D eigenvalue weighted by atomic mass is 9.89. The SMILES string of the molecule is COC1(CN(C)C)CCN(C2=CCNCC2N)CC1. The first-order valence-corrected chi connectivity index (χ1v) is 7.17. The van der Waals surface area contributed by atoms with Gasteiger partial charge in [0.15, 0.2) is 0 Å². The minimum atomic E-state index is 0.0115. The number of nitrogens with two attached hydrogens (primary N) is 1. The molecular formula is C14H28N4O. The molecule has 19 heavy (non-hydrogen) atoms. The first-order valence-electron chi connectivity index (χ1n) is 7.17. The topological polar surface area (TPSA) is 53.8 Å². The van der Waals surface area contributed by atoms with E-state index in [0.29, 0.717) is 0 Å². The van der Waals surface area contributed by atoms with Gasteiger partial charge in [0.2, 0.25) is 0 Å². The van der Waals surface area contributed by atoms with Crippen LogP contribution in [0.5, 0.6) is 0 Å². The van der Waals surface area contributed by atoms with Crippen molar-refractivity contribution in [3.63, 3.8) is 0 Å². The van der Waals surface area contributed by atoms with Gasteiger partial charge < -0.3 is 25.6 Å². The van der Waals surface area contributed by atoms with Crippen molar-refractivity contribution in [2.45, 2.75) is 24.5 Å². The van der Waals surface area contributed by atoms with Gasteiger partial charge in [-0.2, -0.15) is 0 Å². The molecule has 1 saturated heterocycles. The molecule has 0 saturated carbocycles. The summed E-state index contributed by atoms with van der Waals surface area (Å²) in [6, 6.07) is 0.137. The van der Waals surface area contributed by atoms with Crippen molar-refractivity contribution in [3.8, 4) is 0 Å². The quantitative estimate of drug-likeness (QED) is 0.742. The van der Waals surface area contributed by atoms with Crippen LogP contribution in [0.4, 0.5) is 0 Å². The summed E-state index contributed by atoms with van der Waals surface area (Å²) < 4.78 is 5.82. The van der Waals surface area contributed by atoms with Gasteiger partial charge in [-0.25, -0.2) is 0 Å². The number of likely N-dealkylation sites (tertiary alicyclic amines) is 1. The highest BCUT2D eigenvalue weighted by Gasteiger charge is 2.36.